The van der Waals surface area contributed by atoms with Gasteiger partial charge in [-0.15, -0.1) is 5.10 Å². The van der Waals surface area contributed by atoms with Gasteiger partial charge in [-0.2, -0.15) is 4.68 Å². The number of anilines is 1. The molecule has 2 heterocycles. The average Bonchev–Trinajstić information content (AvgIpc) is 2.69. The molecule has 80 valence electrons. The van der Waals surface area contributed by atoms with Crippen LogP contribution in [0.4, 0.5) is 5.82 Å². The van der Waals surface area contributed by atoms with Crippen LogP contribution in [0.25, 0.3) is 5.82 Å². The molecular formula is C7H10N6O2. The van der Waals surface area contributed by atoms with Gasteiger partial charge in [-0.25, -0.2) is 4.63 Å². The van der Waals surface area contributed by atoms with Crippen LogP contribution in [-0.2, 0) is 5.60 Å². The summed E-state index contributed by atoms with van der Waals surface area (Å²) in [6.07, 6.45) is 1.42. The van der Waals surface area contributed by atoms with E-state index in [4.69, 9.17) is 5.73 Å². The van der Waals surface area contributed by atoms with E-state index in [2.05, 4.69) is 25.3 Å². The molecule has 3 N–H and O–H groups in total. The molecular weight excluding hydrogens is 200 g/mol. The largest absolute Gasteiger partial charge is 0.384 e. The molecule has 0 radical (unpaired) electrons. The number of aromatic nitrogens is 5. The first kappa shape index (κ1) is 9.59. The molecule has 0 saturated carbocycles. The number of hydrogen-bond donors (Lipinski definition) is 2. The van der Waals surface area contributed by atoms with E-state index >= 15 is 0 Å². The van der Waals surface area contributed by atoms with E-state index in [1.807, 2.05) is 0 Å². The smallest absolute Gasteiger partial charge is 0.243 e. The van der Waals surface area contributed by atoms with Gasteiger partial charge in [0.05, 0.1) is 11.9 Å². The second-order valence-corrected chi connectivity index (χ2v) is 3.56. The van der Waals surface area contributed by atoms with Crippen molar-refractivity contribution in [2.45, 2.75) is 19.4 Å². The lowest BCUT2D eigenvalue weighted by atomic mass is 10.1. The maximum Gasteiger partial charge on any atom is 0.243 e. The van der Waals surface area contributed by atoms with Crippen LogP contribution in [0.3, 0.4) is 0 Å². The summed E-state index contributed by atoms with van der Waals surface area (Å²) < 4.78 is 5.73. The molecule has 0 fully saturated rings. The van der Waals surface area contributed by atoms with E-state index in [0.717, 1.165) is 0 Å². The first-order valence-electron chi connectivity index (χ1n) is 4.22. The SMILES string of the molecule is CC(C)(O)c1cnnn1-c1nonc1N. The summed E-state index contributed by atoms with van der Waals surface area (Å²) in [7, 11) is 0. The Morgan fingerprint density at radius 1 is 1.47 bits per heavy atom. The highest BCUT2D eigenvalue weighted by Crippen LogP contribution is 2.22. The first-order chi connectivity index (χ1) is 7.00. The van der Waals surface area contributed by atoms with Crippen molar-refractivity contribution in [1.82, 2.24) is 25.3 Å². The minimum Gasteiger partial charge on any atom is -0.384 e. The normalized spacial score (nSPS) is 11.9. The standard InChI is InChI=1S/C7H10N6O2/c1-7(2,14)4-3-9-12-13(4)6-5(8)10-15-11-6/h3,14H,1-2H3,(H2,8,10). The Hall–Kier alpha value is -1.96. The fraction of sp³-hybridized carbons (Fsp3) is 0.429. The molecule has 0 spiro atoms. The molecule has 8 heteroatoms. The lowest BCUT2D eigenvalue weighted by Crippen LogP contribution is -2.21. The van der Waals surface area contributed by atoms with Gasteiger partial charge >= 0.3 is 0 Å². The Bertz CT molecular complexity index is 468. The summed E-state index contributed by atoms with van der Waals surface area (Å²) in [6, 6.07) is 0. The maximum absolute atomic E-state index is 9.83. The van der Waals surface area contributed by atoms with E-state index in [-0.39, 0.29) is 11.6 Å². The van der Waals surface area contributed by atoms with Crippen molar-refractivity contribution in [2.75, 3.05) is 5.73 Å². The molecule has 15 heavy (non-hydrogen) atoms. The number of nitrogen functional groups attached to an aromatic ring is 1. The van der Waals surface area contributed by atoms with Gasteiger partial charge in [0.1, 0.15) is 5.60 Å². The third-order valence-electron chi connectivity index (χ3n) is 1.87. The lowest BCUT2D eigenvalue weighted by molar-refractivity contribution is 0.0709. The number of nitrogens with zero attached hydrogens (tertiary/aromatic N) is 5. The highest BCUT2D eigenvalue weighted by molar-refractivity contribution is 5.44. The predicted octanol–water partition coefficient (Wildman–Crippen LogP) is -0.540. The summed E-state index contributed by atoms with van der Waals surface area (Å²) in [5.74, 6) is 0.302. The Morgan fingerprint density at radius 3 is 2.73 bits per heavy atom. The molecule has 0 aliphatic rings. The first-order valence-corrected chi connectivity index (χ1v) is 4.22. The Balaban J connectivity index is 2.56. The quantitative estimate of drug-likeness (QED) is 0.683. The van der Waals surface area contributed by atoms with Crippen LogP contribution in [0.5, 0.6) is 0 Å². The lowest BCUT2D eigenvalue weighted by Gasteiger charge is -2.16. The van der Waals surface area contributed by atoms with Crippen molar-refractivity contribution in [3.63, 3.8) is 0 Å². The third-order valence-corrected chi connectivity index (χ3v) is 1.87. The summed E-state index contributed by atoms with van der Waals surface area (Å²) in [4.78, 5) is 0. The van der Waals surface area contributed by atoms with Crippen LogP contribution in [-0.4, -0.2) is 30.4 Å². The molecule has 0 unspecified atom stereocenters. The molecule has 0 aromatic carbocycles. The molecule has 8 nitrogen and oxygen atoms in total. The van der Waals surface area contributed by atoms with Crippen LogP contribution >= 0.6 is 0 Å². The second-order valence-electron chi connectivity index (χ2n) is 3.56. The molecule has 2 aromatic heterocycles. The second kappa shape index (κ2) is 3.02. The Morgan fingerprint density at radius 2 is 2.20 bits per heavy atom. The van der Waals surface area contributed by atoms with Gasteiger partial charge in [-0.05, 0) is 24.2 Å². The Kier molecular flexibility index (Phi) is 1.93. The minimum absolute atomic E-state index is 0.0889. The monoisotopic (exact) mass is 210 g/mol. The zero-order chi connectivity index (χ0) is 11.1. The van der Waals surface area contributed by atoms with E-state index in [1.165, 1.54) is 10.9 Å². The molecule has 0 atom stereocenters. The number of hydrogen-bond acceptors (Lipinski definition) is 7. The summed E-state index contributed by atoms with van der Waals surface area (Å²) in [5, 5.41) is 24.2. The van der Waals surface area contributed by atoms with Crippen LogP contribution in [0.1, 0.15) is 19.5 Å². The van der Waals surface area contributed by atoms with Crippen molar-refractivity contribution in [3.8, 4) is 5.82 Å². The molecule has 0 bridgehead atoms. The van der Waals surface area contributed by atoms with Crippen molar-refractivity contribution in [1.29, 1.82) is 0 Å². The molecule has 2 rings (SSSR count). The number of aliphatic hydroxyl groups is 1. The van der Waals surface area contributed by atoms with Crippen molar-refractivity contribution >= 4 is 5.82 Å². The van der Waals surface area contributed by atoms with Gasteiger partial charge in [-0.3, -0.25) is 0 Å². The third kappa shape index (κ3) is 1.54. The van der Waals surface area contributed by atoms with Crippen LogP contribution in [0.15, 0.2) is 10.8 Å². The molecule has 0 aliphatic carbocycles. The summed E-state index contributed by atoms with van der Waals surface area (Å²) in [5.41, 5.74) is 4.85. The van der Waals surface area contributed by atoms with Gasteiger partial charge in [-0.1, -0.05) is 5.21 Å². The van der Waals surface area contributed by atoms with E-state index in [9.17, 15) is 5.11 Å². The van der Waals surface area contributed by atoms with Crippen LogP contribution in [0, 0.1) is 0 Å². The molecule has 0 aliphatic heterocycles. The fourth-order valence-corrected chi connectivity index (χ4v) is 1.15. The highest BCUT2D eigenvalue weighted by atomic mass is 16.6. The summed E-state index contributed by atoms with van der Waals surface area (Å²) >= 11 is 0. The zero-order valence-electron chi connectivity index (χ0n) is 8.25. The average molecular weight is 210 g/mol. The number of rotatable bonds is 2. The fourth-order valence-electron chi connectivity index (χ4n) is 1.15. The predicted molar refractivity (Wildman–Crippen MR) is 48.9 cm³/mol. The van der Waals surface area contributed by atoms with Gasteiger partial charge in [0.25, 0.3) is 0 Å². The Labute approximate surface area is 84.6 Å². The molecule has 0 amide bonds. The van der Waals surface area contributed by atoms with E-state index in [1.54, 1.807) is 13.8 Å². The van der Waals surface area contributed by atoms with Gasteiger partial charge in [0.15, 0.2) is 0 Å². The maximum atomic E-state index is 9.83. The van der Waals surface area contributed by atoms with Gasteiger partial charge in [0, 0.05) is 0 Å². The van der Waals surface area contributed by atoms with Crippen LogP contribution < -0.4 is 5.73 Å². The highest BCUT2D eigenvalue weighted by Gasteiger charge is 2.25. The van der Waals surface area contributed by atoms with Crippen molar-refractivity contribution in [2.24, 2.45) is 0 Å². The van der Waals surface area contributed by atoms with Gasteiger partial charge < -0.3 is 10.8 Å². The van der Waals surface area contributed by atoms with Gasteiger partial charge in [0.2, 0.25) is 11.6 Å². The van der Waals surface area contributed by atoms with Crippen molar-refractivity contribution < 1.29 is 9.74 Å². The van der Waals surface area contributed by atoms with E-state index in [0.29, 0.717) is 5.69 Å². The molecule has 2 aromatic rings. The van der Waals surface area contributed by atoms with Crippen molar-refractivity contribution in [3.05, 3.63) is 11.9 Å². The molecule has 0 saturated heterocycles. The zero-order valence-corrected chi connectivity index (χ0v) is 8.25. The number of nitrogens with two attached hydrogens (primary N) is 1. The topological polar surface area (TPSA) is 116 Å². The minimum atomic E-state index is -1.10. The van der Waals surface area contributed by atoms with E-state index < -0.39 is 5.60 Å². The summed E-state index contributed by atoms with van der Waals surface area (Å²) in [6.45, 7) is 3.21. The van der Waals surface area contributed by atoms with Crippen LogP contribution in [0.2, 0.25) is 0 Å².